The van der Waals surface area contributed by atoms with Crippen molar-refractivity contribution in [2.75, 3.05) is 33.2 Å². The monoisotopic (exact) mass is 364 g/mol. The molecule has 1 fully saturated rings. The Morgan fingerprint density at radius 2 is 1.96 bits per heavy atom. The zero-order chi connectivity index (χ0) is 19.2. The molecule has 0 amide bonds. The minimum Gasteiger partial charge on any atom is -0.373 e. The fourth-order valence-corrected chi connectivity index (χ4v) is 3.32. The number of benzene rings is 1. The van der Waals surface area contributed by atoms with Crippen LogP contribution in [0, 0.1) is 5.82 Å². The Morgan fingerprint density at radius 1 is 1.27 bits per heavy atom. The predicted molar refractivity (Wildman–Crippen MR) is 105 cm³/mol. The lowest BCUT2D eigenvalue weighted by atomic mass is 10.00. The summed E-state index contributed by atoms with van der Waals surface area (Å²) < 4.78 is 19.1. The number of nitrogens with one attached hydrogen (secondary N) is 2. The lowest BCUT2D eigenvalue weighted by molar-refractivity contribution is -0.0946. The minimum atomic E-state index is -0.194. The van der Waals surface area contributed by atoms with Gasteiger partial charge in [0.05, 0.1) is 12.2 Å². The predicted octanol–water partition coefficient (Wildman–Crippen LogP) is 2.42. The van der Waals surface area contributed by atoms with Crippen LogP contribution in [0.3, 0.4) is 0 Å². The van der Waals surface area contributed by atoms with Crippen LogP contribution in [0.4, 0.5) is 4.39 Å². The number of rotatable bonds is 6. The third kappa shape index (κ3) is 6.25. The molecule has 0 aromatic heterocycles. The Morgan fingerprint density at radius 3 is 2.58 bits per heavy atom. The number of hydrogen-bond acceptors (Lipinski definition) is 3. The molecular formula is C20H33FN4O. The Bertz CT molecular complexity index is 595. The van der Waals surface area contributed by atoms with E-state index in [-0.39, 0.29) is 23.6 Å². The third-order valence-electron chi connectivity index (χ3n) is 4.78. The van der Waals surface area contributed by atoms with Crippen molar-refractivity contribution < 1.29 is 9.13 Å². The molecule has 1 saturated heterocycles. The van der Waals surface area contributed by atoms with E-state index in [1.165, 1.54) is 6.07 Å². The smallest absolute Gasteiger partial charge is 0.191 e. The number of guanidine groups is 1. The van der Waals surface area contributed by atoms with Crippen LogP contribution in [0.15, 0.2) is 29.3 Å². The fourth-order valence-electron chi connectivity index (χ4n) is 3.32. The van der Waals surface area contributed by atoms with E-state index >= 15 is 0 Å². The van der Waals surface area contributed by atoms with E-state index in [0.29, 0.717) is 6.54 Å². The molecule has 1 aromatic rings. The van der Waals surface area contributed by atoms with E-state index < -0.39 is 0 Å². The quantitative estimate of drug-likeness (QED) is 0.601. The van der Waals surface area contributed by atoms with E-state index in [9.17, 15) is 4.39 Å². The van der Waals surface area contributed by atoms with Crippen molar-refractivity contribution in [1.82, 2.24) is 15.5 Å². The Balaban J connectivity index is 1.80. The van der Waals surface area contributed by atoms with Crippen LogP contribution < -0.4 is 10.6 Å². The van der Waals surface area contributed by atoms with Gasteiger partial charge in [-0.05, 0) is 51.8 Å². The van der Waals surface area contributed by atoms with Gasteiger partial charge < -0.3 is 15.4 Å². The molecule has 0 bridgehead atoms. The molecule has 0 radical (unpaired) electrons. The molecule has 146 valence electrons. The van der Waals surface area contributed by atoms with Gasteiger partial charge in [-0.1, -0.05) is 12.1 Å². The van der Waals surface area contributed by atoms with Crippen molar-refractivity contribution in [3.8, 4) is 0 Å². The SMILES string of the molecule is CN=C(NCCc1cccc(F)c1)NCC(C)(C)N1CC(C)OC(C)C1. The molecule has 1 aliphatic heterocycles. The number of aliphatic imine (C=N–C) groups is 1. The van der Waals surface area contributed by atoms with Crippen LogP contribution in [0.5, 0.6) is 0 Å². The van der Waals surface area contributed by atoms with Crippen LogP contribution in [0.2, 0.25) is 0 Å². The standard InChI is InChI=1S/C20H33FN4O/c1-15-12-25(13-16(2)26-15)20(3,4)14-24-19(22-5)23-10-9-17-7-6-8-18(21)11-17/h6-8,11,15-16H,9-10,12-14H2,1-5H3,(H2,22,23,24). The molecule has 1 heterocycles. The van der Waals surface area contributed by atoms with E-state index in [2.05, 4.69) is 48.2 Å². The van der Waals surface area contributed by atoms with Crippen molar-refractivity contribution >= 4 is 5.96 Å². The summed E-state index contributed by atoms with van der Waals surface area (Å²) in [6.45, 7) is 12.1. The van der Waals surface area contributed by atoms with E-state index in [0.717, 1.165) is 37.6 Å². The van der Waals surface area contributed by atoms with Gasteiger partial charge in [0.25, 0.3) is 0 Å². The van der Waals surface area contributed by atoms with Gasteiger partial charge in [-0.15, -0.1) is 0 Å². The number of morpholine rings is 1. The van der Waals surface area contributed by atoms with Crippen LogP contribution in [0.25, 0.3) is 0 Å². The van der Waals surface area contributed by atoms with Gasteiger partial charge in [0.15, 0.2) is 5.96 Å². The average Bonchev–Trinajstić information content (AvgIpc) is 2.57. The summed E-state index contributed by atoms with van der Waals surface area (Å²) >= 11 is 0. The van der Waals surface area contributed by atoms with Crippen molar-refractivity contribution in [2.24, 2.45) is 4.99 Å². The van der Waals surface area contributed by atoms with Crippen LogP contribution in [-0.2, 0) is 11.2 Å². The lowest BCUT2D eigenvalue weighted by Crippen LogP contribution is -2.59. The van der Waals surface area contributed by atoms with E-state index in [1.54, 1.807) is 19.2 Å². The first-order valence-electron chi connectivity index (χ1n) is 9.39. The van der Waals surface area contributed by atoms with Crippen molar-refractivity contribution in [2.45, 2.75) is 51.9 Å². The minimum absolute atomic E-state index is 0.00746. The van der Waals surface area contributed by atoms with Gasteiger partial charge in [-0.2, -0.15) is 0 Å². The summed E-state index contributed by atoms with van der Waals surface area (Å²) in [5.74, 6) is 0.574. The van der Waals surface area contributed by atoms with Crippen molar-refractivity contribution in [3.05, 3.63) is 35.6 Å². The zero-order valence-corrected chi connectivity index (χ0v) is 16.7. The maximum absolute atomic E-state index is 13.2. The summed E-state index contributed by atoms with van der Waals surface area (Å²) in [6, 6.07) is 6.71. The molecular weight excluding hydrogens is 331 g/mol. The topological polar surface area (TPSA) is 48.9 Å². The molecule has 0 aliphatic carbocycles. The highest BCUT2D eigenvalue weighted by atomic mass is 19.1. The largest absolute Gasteiger partial charge is 0.373 e. The molecule has 2 atom stereocenters. The van der Waals surface area contributed by atoms with Crippen LogP contribution in [-0.4, -0.2) is 61.8 Å². The first-order valence-corrected chi connectivity index (χ1v) is 9.39. The molecule has 5 nitrogen and oxygen atoms in total. The second-order valence-corrected chi connectivity index (χ2v) is 7.71. The molecule has 2 N–H and O–H groups in total. The first-order chi connectivity index (χ1) is 12.3. The van der Waals surface area contributed by atoms with Crippen molar-refractivity contribution in [3.63, 3.8) is 0 Å². The second kappa shape index (κ2) is 9.33. The summed E-state index contributed by atoms with van der Waals surface area (Å²) in [4.78, 5) is 6.76. The summed E-state index contributed by atoms with van der Waals surface area (Å²) in [7, 11) is 1.77. The number of hydrogen-bond donors (Lipinski definition) is 2. The van der Waals surface area contributed by atoms with Gasteiger partial charge in [0.1, 0.15) is 5.82 Å². The van der Waals surface area contributed by atoms with Gasteiger partial charge in [0.2, 0.25) is 0 Å². The molecule has 6 heteroatoms. The lowest BCUT2D eigenvalue weighted by Gasteiger charge is -2.45. The maximum Gasteiger partial charge on any atom is 0.191 e. The molecule has 1 aliphatic rings. The molecule has 26 heavy (non-hydrogen) atoms. The van der Waals surface area contributed by atoms with E-state index in [4.69, 9.17) is 4.74 Å². The zero-order valence-electron chi connectivity index (χ0n) is 16.7. The highest BCUT2D eigenvalue weighted by molar-refractivity contribution is 5.79. The van der Waals surface area contributed by atoms with Gasteiger partial charge in [-0.25, -0.2) is 4.39 Å². The average molecular weight is 365 g/mol. The summed E-state index contributed by atoms with van der Waals surface area (Å²) in [6.07, 6.45) is 1.25. The van der Waals surface area contributed by atoms with Gasteiger partial charge in [-0.3, -0.25) is 9.89 Å². The second-order valence-electron chi connectivity index (χ2n) is 7.71. The summed E-state index contributed by atoms with van der Waals surface area (Å²) in [5.41, 5.74) is 0.969. The van der Waals surface area contributed by atoms with Gasteiger partial charge >= 0.3 is 0 Å². The fraction of sp³-hybridized carbons (Fsp3) is 0.650. The maximum atomic E-state index is 13.2. The summed E-state index contributed by atoms with van der Waals surface area (Å²) in [5, 5.41) is 6.72. The molecule has 1 aromatic carbocycles. The van der Waals surface area contributed by atoms with Crippen LogP contribution >= 0.6 is 0 Å². The highest BCUT2D eigenvalue weighted by Crippen LogP contribution is 2.20. The number of halogens is 1. The van der Waals surface area contributed by atoms with Crippen molar-refractivity contribution in [1.29, 1.82) is 0 Å². The third-order valence-corrected chi connectivity index (χ3v) is 4.78. The molecule has 2 rings (SSSR count). The Labute approximate surface area is 157 Å². The molecule has 2 unspecified atom stereocenters. The van der Waals surface area contributed by atoms with Crippen LogP contribution in [0.1, 0.15) is 33.3 Å². The number of nitrogens with zero attached hydrogens (tertiary/aromatic N) is 2. The molecule has 0 spiro atoms. The molecule has 0 saturated carbocycles. The van der Waals surface area contributed by atoms with E-state index in [1.807, 2.05) is 6.07 Å². The normalized spacial score (nSPS) is 22.3. The number of ether oxygens (including phenoxy) is 1. The Hall–Kier alpha value is -1.66. The first kappa shape index (κ1) is 20.6. The Kier molecular flexibility index (Phi) is 7.41. The van der Waals surface area contributed by atoms with Gasteiger partial charge in [0, 0.05) is 38.8 Å². The highest BCUT2D eigenvalue weighted by Gasteiger charge is 2.33.